The van der Waals surface area contributed by atoms with E-state index in [-0.39, 0.29) is 0 Å². The number of nitrogens with zero attached hydrogens (tertiary/aromatic N) is 3. The lowest BCUT2D eigenvalue weighted by Crippen LogP contribution is -2.49. The number of hydrogen-bond donors (Lipinski definition) is 1. The van der Waals surface area contributed by atoms with Crippen molar-refractivity contribution >= 4 is 5.69 Å². The molecule has 0 bridgehead atoms. The molecule has 106 valence electrons. The molecule has 1 N–H and O–H groups in total. The normalized spacial score (nSPS) is 22.9. The van der Waals surface area contributed by atoms with Gasteiger partial charge < -0.3 is 10.2 Å². The maximum absolute atomic E-state index is 4.60. The summed E-state index contributed by atoms with van der Waals surface area (Å²) in [7, 11) is 2.03. The van der Waals surface area contributed by atoms with Crippen molar-refractivity contribution in [3.05, 3.63) is 11.9 Å². The molecule has 1 aliphatic heterocycles. The summed E-state index contributed by atoms with van der Waals surface area (Å²) < 4.78 is 1.97. The fourth-order valence-corrected chi connectivity index (χ4v) is 3.75. The predicted molar refractivity (Wildman–Crippen MR) is 78.6 cm³/mol. The van der Waals surface area contributed by atoms with Crippen molar-refractivity contribution in [1.82, 2.24) is 15.1 Å². The first-order chi connectivity index (χ1) is 9.22. The number of rotatable bonds is 2. The third-order valence-electron chi connectivity index (χ3n) is 4.72. The molecule has 4 nitrogen and oxygen atoms in total. The second-order valence-corrected chi connectivity index (χ2v) is 6.18. The summed E-state index contributed by atoms with van der Waals surface area (Å²) in [6, 6.07) is 0. The molecule has 1 saturated heterocycles. The van der Waals surface area contributed by atoms with E-state index in [1.54, 1.807) is 0 Å². The van der Waals surface area contributed by atoms with E-state index in [9.17, 15) is 0 Å². The van der Waals surface area contributed by atoms with Crippen molar-refractivity contribution in [2.45, 2.75) is 51.0 Å². The Morgan fingerprint density at radius 2 is 2.11 bits per heavy atom. The van der Waals surface area contributed by atoms with Crippen molar-refractivity contribution < 1.29 is 0 Å². The van der Waals surface area contributed by atoms with E-state index in [2.05, 4.69) is 28.4 Å². The maximum atomic E-state index is 4.60. The van der Waals surface area contributed by atoms with Gasteiger partial charge in [0.1, 0.15) is 0 Å². The standard InChI is InChI=1S/C15H26N4/c1-3-13-14(11-18(2)17-13)19-10-6-9-16-15(12-19)7-4-5-8-15/h11,16H,3-10,12H2,1-2H3. The number of aromatic nitrogens is 2. The molecule has 1 saturated carbocycles. The van der Waals surface area contributed by atoms with Crippen molar-refractivity contribution in [3.8, 4) is 0 Å². The van der Waals surface area contributed by atoms with Crippen LogP contribution in [-0.4, -0.2) is 35.0 Å². The van der Waals surface area contributed by atoms with Crippen LogP contribution in [0.2, 0.25) is 0 Å². The molecule has 0 aromatic carbocycles. The van der Waals surface area contributed by atoms with Gasteiger partial charge in [-0.3, -0.25) is 4.68 Å². The average molecular weight is 262 g/mol. The second kappa shape index (κ2) is 5.16. The summed E-state index contributed by atoms with van der Waals surface area (Å²) in [6.07, 6.45) is 9.90. The molecule has 0 amide bonds. The quantitative estimate of drug-likeness (QED) is 0.886. The third-order valence-corrected chi connectivity index (χ3v) is 4.72. The minimum Gasteiger partial charge on any atom is -0.367 e. The Labute approximate surface area is 116 Å². The lowest BCUT2D eigenvalue weighted by molar-refractivity contribution is 0.354. The summed E-state index contributed by atoms with van der Waals surface area (Å²) in [5, 5.41) is 8.44. The van der Waals surface area contributed by atoms with Gasteiger partial charge >= 0.3 is 0 Å². The van der Waals surface area contributed by atoms with Gasteiger partial charge in [-0.2, -0.15) is 5.10 Å². The summed E-state index contributed by atoms with van der Waals surface area (Å²) in [5.41, 5.74) is 2.98. The molecule has 2 heterocycles. The predicted octanol–water partition coefficient (Wildman–Crippen LogP) is 2.09. The van der Waals surface area contributed by atoms with Gasteiger partial charge in [0, 0.05) is 31.9 Å². The van der Waals surface area contributed by atoms with Gasteiger partial charge in [-0.15, -0.1) is 0 Å². The van der Waals surface area contributed by atoms with Crippen LogP contribution in [0.4, 0.5) is 5.69 Å². The molecule has 1 aromatic rings. The Morgan fingerprint density at radius 3 is 2.84 bits per heavy atom. The molecule has 0 unspecified atom stereocenters. The van der Waals surface area contributed by atoms with Crippen molar-refractivity contribution in [2.75, 3.05) is 24.5 Å². The largest absolute Gasteiger partial charge is 0.367 e. The van der Waals surface area contributed by atoms with Gasteiger partial charge in [-0.1, -0.05) is 19.8 Å². The van der Waals surface area contributed by atoms with E-state index in [0.29, 0.717) is 5.54 Å². The zero-order chi connectivity index (χ0) is 13.3. The number of nitrogens with one attached hydrogen (secondary N) is 1. The highest BCUT2D eigenvalue weighted by Gasteiger charge is 2.37. The topological polar surface area (TPSA) is 33.1 Å². The van der Waals surface area contributed by atoms with E-state index in [1.807, 2.05) is 11.7 Å². The van der Waals surface area contributed by atoms with E-state index in [0.717, 1.165) is 26.1 Å². The molecular weight excluding hydrogens is 236 g/mol. The molecule has 0 atom stereocenters. The molecule has 0 radical (unpaired) electrons. The highest BCUT2D eigenvalue weighted by Crippen LogP contribution is 2.33. The first-order valence-electron chi connectivity index (χ1n) is 7.75. The summed E-state index contributed by atoms with van der Waals surface area (Å²) in [4.78, 5) is 2.58. The van der Waals surface area contributed by atoms with Crippen LogP contribution >= 0.6 is 0 Å². The van der Waals surface area contributed by atoms with E-state index < -0.39 is 0 Å². The van der Waals surface area contributed by atoms with Gasteiger partial charge in [-0.25, -0.2) is 0 Å². The zero-order valence-electron chi connectivity index (χ0n) is 12.3. The van der Waals surface area contributed by atoms with Gasteiger partial charge in [0.2, 0.25) is 0 Å². The molecule has 1 spiro atoms. The molecule has 1 aromatic heterocycles. The Morgan fingerprint density at radius 1 is 1.32 bits per heavy atom. The van der Waals surface area contributed by atoms with Crippen molar-refractivity contribution in [3.63, 3.8) is 0 Å². The van der Waals surface area contributed by atoms with Crippen molar-refractivity contribution in [1.29, 1.82) is 0 Å². The Kier molecular flexibility index (Phi) is 3.52. The van der Waals surface area contributed by atoms with Gasteiger partial charge in [0.25, 0.3) is 0 Å². The molecule has 3 rings (SSSR count). The van der Waals surface area contributed by atoms with Gasteiger partial charge in [0.15, 0.2) is 0 Å². The maximum Gasteiger partial charge on any atom is 0.0855 e. The highest BCUT2D eigenvalue weighted by atomic mass is 15.3. The van der Waals surface area contributed by atoms with E-state index in [1.165, 1.54) is 43.5 Å². The monoisotopic (exact) mass is 262 g/mol. The highest BCUT2D eigenvalue weighted by molar-refractivity contribution is 5.50. The first kappa shape index (κ1) is 13.0. The van der Waals surface area contributed by atoms with Crippen LogP contribution < -0.4 is 10.2 Å². The number of aryl methyl sites for hydroxylation is 2. The molecule has 1 aliphatic carbocycles. The minimum absolute atomic E-state index is 0.372. The van der Waals surface area contributed by atoms with Gasteiger partial charge in [0.05, 0.1) is 11.4 Å². The van der Waals surface area contributed by atoms with Crippen LogP contribution in [0.25, 0.3) is 0 Å². The average Bonchev–Trinajstić information content (AvgIpc) is 2.93. The summed E-state index contributed by atoms with van der Waals surface area (Å²) in [5.74, 6) is 0. The third kappa shape index (κ3) is 2.50. The number of hydrogen-bond acceptors (Lipinski definition) is 3. The lowest BCUT2D eigenvalue weighted by atomic mass is 9.97. The lowest BCUT2D eigenvalue weighted by Gasteiger charge is -2.34. The Bertz CT molecular complexity index is 431. The fraction of sp³-hybridized carbons (Fsp3) is 0.800. The van der Waals surface area contributed by atoms with Crippen LogP contribution in [0.1, 0.15) is 44.7 Å². The van der Waals surface area contributed by atoms with Crippen LogP contribution in [0.15, 0.2) is 6.20 Å². The molecular formula is C15H26N4. The zero-order valence-corrected chi connectivity index (χ0v) is 12.3. The second-order valence-electron chi connectivity index (χ2n) is 6.18. The van der Waals surface area contributed by atoms with Crippen molar-refractivity contribution in [2.24, 2.45) is 7.05 Å². The Hall–Kier alpha value is -1.03. The summed E-state index contributed by atoms with van der Waals surface area (Å²) >= 11 is 0. The molecule has 4 heteroatoms. The first-order valence-corrected chi connectivity index (χ1v) is 7.75. The van der Waals surface area contributed by atoms with Crippen LogP contribution in [0, 0.1) is 0 Å². The SMILES string of the molecule is CCc1nn(C)cc1N1CCCNC2(CCCC2)C1. The summed E-state index contributed by atoms with van der Waals surface area (Å²) in [6.45, 7) is 5.69. The fourth-order valence-electron chi connectivity index (χ4n) is 3.75. The van der Waals surface area contributed by atoms with Crippen LogP contribution in [0.5, 0.6) is 0 Å². The number of anilines is 1. The van der Waals surface area contributed by atoms with Crippen LogP contribution in [-0.2, 0) is 13.5 Å². The van der Waals surface area contributed by atoms with E-state index >= 15 is 0 Å². The minimum atomic E-state index is 0.372. The Balaban J connectivity index is 1.85. The van der Waals surface area contributed by atoms with E-state index in [4.69, 9.17) is 0 Å². The van der Waals surface area contributed by atoms with Gasteiger partial charge in [-0.05, 0) is 32.2 Å². The smallest absolute Gasteiger partial charge is 0.0855 e. The van der Waals surface area contributed by atoms with Crippen LogP contribution in [0.3, 0.4) is 0 Å². The molecule has 2 fully saturated rings. The molecule has 19 heavy (non-hydrogen) atoms. The molecule has 2 aliphatic rings.